The largest absolute Gasteiger partial charge is 0.309 e. The highest BCUT2D eigenvalue weighted by Gasteiger charge is 2.20. The summed E-state index contributed by atoms with van der Waals surface area (Å²) in [6.07, 6.45) is 7.18. The highest BCUT2D eigenvalue weighted by Crippen LogP contribution is 2.26. The fourth-order valence-electron chi connectivity index (χ4n) is 3.25. The van der Waals surface area contributed by atoms with E-state index < -0.39 is 0 Å². The van der Waals surface area contributed by atoms with E-state index in [1.54, 1.807) is 16.8 Å². The summed E-state index contributed by atoms with van der Waals surface area (Å²) in [5.41, 5.74) is 4.09. The Morgan fingerprint density at radius 3 is 2.77 bits per heavy atom. The number of rotatable bonds is 4. The van der Waals surface area contributed by atoms with E-state index in [4.69, 9.17) is 0 Å². The normalized spacial score (nSPS) is 13.8. The van der Waals surface area contributed by atoms with Crippen molar-refractivity contribution in [2.75, 3.05) is 11.4 Å². The summed E-state index contributed by atoms with van der Waals surface area (Å²) in [7, 11) is 0. The Bertz CT molecular complexity index is 930. The summed E-state index contributed by atoms with van der Waals surface area (Å²) < 4.78 is 1.77. The average molecular weight is 344 g/mol. The number of para-hydroxylation sites is 1. The second-order valence-corrected chi connectivity index (χ2v) is 6.38. The zero-order valence-electron chi connectivity index (χ0n) is 14.5. The van der Waals surface area contributed by atoms with Crippen molar-refractivity contribution < 1.29 is 4.79 Å². The summed E-state index contributed by atoms with van der Waals surface area (Å²) >= 11 is 0. The SMILES string of the molecule is O=C(/C=C/c1cn(Cc2ccccc2)nn1)N1CCCc2ccccc21. The molecule has 1 aliphatic heterocycles. The number of hydrogen-bond donors (Lipinski definition) is 0. The second-order valence-electron chi connectivity index (χ2n) is 6.38. The molecule has 0 saturated carbocycles. The van der Waals surface area contributed by atoms with E-state index >= 15 is 0 Å². The highest BCUT2D eigenvalue weighted by molar-refractivity contribution is 6.04. The third-order valence-electron chi connectivity index (χ3n) is 4.52. The molecule has 0 aliphatic carbocycles. The van der Waals surface area contributed by atoms with Crippen LogP contribution >= 0.6 is 0 Å². The number of carbonyl (C=O) groups excluding carboxylic acids is 1. The maximum atomic E-state index is 12.6. The topological polar surface area (TPSA) is 51.0 Å². The molecule has 1 aromatic heterocycles. The number of anilines is 1. The van der Waals surface area contributed by atoms with Crippen molar-refractivity contribution >= 4 is 17.7 Å². The Balaban J connectivity index is 1.45. The quantitative estimate of drug-likeness (QED) is 0.682. The maximum Gasteiger partial charge on any atom is 0.251 e. The van der Waals surface area contributed by atoms with Crippen molar-refractivity contribution in [3.05, 3.63) is 83.7 Å². The minimum atomic E-state index is -0.0187. The average Bonchev–Trinajstić information content (AvgIpc) is 3.14. The minimum Gasteiger partial charge on any atom is -0.309 e. The summed E-state index contributed by atoms with van der Waals surface area (Å²) in [4.78, 5) is 14.5. The van der Waals surface area contributed by atoms with E-state index in [2.05, 4.69) is 28.5 Å². The summed E-state index contributed by atoms with van der Waals surface area (Å²) in [5, 5.41) is 8.26. The number of carbonyl (C=O) groups is 1. The van der Waals surface area contributed by atoms with Gasteiger partial charge in [0.2, 0.25) is 0 Å². The van der Waals surface area contributed by atoms with Crippen molar-refractivity contribution in [2.24, 2.45) is 0 Å². The van der Waals surface area contributed by atoms with Crippen LogP contribution in [-0.2, 0) is 17.8 Å². The number of hydrogen-bond acceptors (Lipinski definition) is 3. The van der Waals surface area contributed by atoms with Gasteiger partial charge in [-0.1, -0.05) is 53.7 Å². The molecule has 5 heteroatoms. The zero-order valence-corrected chi connectivity index (χ0v) is 14.5. The smallest absolute Gasteiger partial charge is 0.251 e. The van der Waals surface area contributed by atoms with Crippen LogP contribution in [-0.4, -0.2) is 27.4 Å². The van der Waals surface area contributed by atoms with Gasteiger partial charge in [-0.2, -0.15) is 0 Å². The predicted octanol–water partition coefficient (Wildman–Crippen LogP) is 3.32. The van der Waals surface area contributed by atoms with E-state index in [9.17, 15) is 4.79 Å². The molecule has 0 radical (unpaired) electrons. The summed E-state index contributed by atoms with van der Waals surface area (Å²) in [6, 6.07) is 18.2. The lowest BCUT2D eigenvalue weighted by Gasteiger charge is -2.28. The lowest BCUT2D eigenvalue weighted by atomic mass is 10.0. The van der Waals surface area contributed by atoms with Gasteiger partial charge in [0.1, 0.15) is 5.69 Å². The van der Waals surface area contributed by atoms with Crippen LogP contribution in [0, 0.1) is 0 Å². The zero-order chi connectivity index (χ0) is 17.8. The first kappa shape index (κ1) is 16.3. The fourth-order valence-corrected chi connectivity index (χ4v) is 3.25. The highest BCUT2D eigenvalue weighted by atomic mass is 16.2. The predicted molar refractivity (Wildman–Crippen MR) is 102 cm³/mol. The molecule has 0 fully saturated rings. The molecule has 0 atom stereocenters. The van der Waals surface area contributed by atoms with Crippen LogP contribution in [0.5, 0.6) is 0 Å². The third-order valence-corrected chi connectivity index (χ3v) is 4.52. The van der Waals surface area contributed by atoms with Gasteiger partial charge >= 0.3 is 0 Å². The van der Waals surface area contributed by atoms with Crippen LogP contribution in [0.4, 0.5) is 5.69 Å². The van der Waals surface area contributed by atoms with Gasteiger partial charge in [0.15, 0.2) is 0 Å². The lowest BCUT2D eigenvalue weighted by molar-refractivity contribution is -0.114. The Morgan fingerprint density at radius 1 is 1.08 bits per heavy atom. The Kier molecular flexibility index (Phi) is 4.60. The van der Waals surface area contributed by atoms with Crippen LogP contribution in [0.1, 0.15) is 23.2 Å². The standard InChI is InChI=1S/C21H20N4O/c26-21(25-14-6-10-18-9-4-5-11-20(18)25)13-12-19-16-24(23-22-19)15-17-7-2-1-3-8-17/h1-5,7-9,11-13,16H,6,10,14-15H2/b13-12+. The molecule has 0 unspecified atom stereocenters. The molecule has 4 rings (SSSR count). The van der Waals surface area contributed by atoms with Gasteiger partial charge in [-0.25, -0.2) is 4.68 Å². The van der Waals surface area contributed by atoms with E-state index in [1.807, 2.05) is 47.5 Å². The first-order chi connectivity index (χ1) is 12.8. The number of amides is 1. The molecule has 1 aliphatic rings. The molecule has 2 aromatic carbocycles. The molecule has 0 N–H and O–H groups in total. The van der Waals surface area contributed by atoms with Gasteiger partial charge in [0.05, 0.1) is 12.7 Å². The van der Waals surface area contributed by atoms with Gasteiger partial charge in [-0.05, 0) is 36.1 Å². The molecular weight excluding hydrogens is 324 g/mol. The molecule has 3 aromatic rings. The molecule has 130 valence electrons. The van der Waals surface area contributed by atoms with Crippen LogP contribution in [0.15, 0.2) is 66.9 Å². The molecular formula is C21H20N4O. The molecule has 0 spiro atoms. The van der Waals surface area contributed by atoms with Crippen LogP contribution in [0.2, 0.25) is 0 Å². The number of aryl methyl sites for hydroxylation is 1. The van der Waals surface area contributed by atoms with Crippen molar-refractivity contribution in [3.63, 3.8) is 0 Å². The maximum absolute atomic E-state index is 12.6. The first-order valence-electron chi connectivity index (χ1n) is 8.81. The van der Waals surface area contributed by atoms with Crippen LogP contribution < -0.4 is 4.90 Å². The van der Waals surface area contributed by atoms with Gasteiger partial charge in [-0.3, -0.25) is 4.79 Å². The molecule has 26 heavy (non-hydrogen) atoms. The van der Waals surface area contributed by atoms with Crippen molar-refractivity contribution in [1.29, 1.82) is 0 Å². The van der Waals surface area contributed by atoms with Crippen molar-refractivity contribution in [1.82, 2.24) is 15.0 Å². The molecule has 0 saturated heterocycles. The number of benzene rings is 2. The monoisotopic (exact) mass is 344 g/mol. The number of fused-ring (bicyclic) bond motifs is 1. The van der Waals surface area contributed by atoms with E-state index in [0.29, 0.717) is 12.2 Å². The van der Waals surface area contributed by atoms with E-state index in [0.717, 1.165) is 30.6 Å². The molecule has 2 heterocycles. The Hall–Kier alpha value is -3.21. The second kappa shape index (κ2) is 7.35. The van der Waals surface area contributed by atoms with Gasteiger partial charge < -0.3 is 4.90 Å². The van der Waals surface area contributed by atoms with Gasteiger partial charge in [0.25, 0.3) is 5.91 Å². The lowest BCUT2D eigenvalue weighted by Crippen LogP contribution is -2.34. The molecule has 0 bridgehead atoms. The van der Waals surface area contributed by atoms with Crippen molar-refractivity contribution in [3.8, 4) is 0 Å². The van der Waals surface area contributed by atoms with E-state index in [1.165, 1.54) is 5.56 Å². The van der Waals surface area contributed by atoms with Crippen molar-refractivity contribution in [2.45, 2.75) is 19.4 Å². The minimum absolute atomic E-state index is 0.0187. The Morgan fingerprint density at radius 2 is 1.88 bits per heavy atom. The summed E-state index contributed by atoms with van der Waals surface area (Å²) in [6.45, 7) is 1.41. The molecule has 1 amide bonds. The first-order valence-corrected chi connectivity index (χ1v) is 8.81. The van der Waals surface area contributed by atoms with Gasteiger partial charge in [0, 0.05) is 18.3 Å². The summed E-state index contributed by atoms with van der Waals surface area (Å²) in [5.74, 6) is -0.0187. The number of aromatic nitrogens is 3. The molecule has 5 nitrogen and oxygen atoms in total. The van der Waals surface area contributed by atoms with Crippen LogP contribution in [0.25, 0.3) is 6.08 Å². The third kappa shape index (κ3) is 3.57. The van der Waals surface area contributed by atoms with Gasteiger partial charge in [-0.15, -0.1) is 5.10 Å². The Labute approximate surface area is 152 Å². The van der Waals surface area contributed by atoms with Crippen LogP contribution in [0.3, 0.4) is 0 Å². The number of nitrogens with zero attached hydrogens (tertiary/aromatic N) is 4. The fraction of sp³-hybridized carbons (Fsp3) is 0.190. The van der Waals surface area contributed by atoms with E-state index in [-0.39, 0.29) is 5.91 Å².